The van der Waals surface area contributed by atoms with Crippen LogP contribution in [-0.2, 0) is 4.79 Å². The number of hydrogen-bond acceptors (Lipinski definition) is 5. The Morgan fingerprint density at radius 2 is 1.73 bits per heavy atom. The molecule has 0 amide bonds. The van der Waals surface area contributed by atoms with Crippen molar-refractivity contribution in [3.05, 3.63) is 54.0 Å². The minimum atomic E-state index is -1.03. The summed E-state index contributed by atoms with van der Waals surface area (Å²) in [4.78, 5) is 31.0. The van der Waals surface area contributed by atoms with Gasteiger partial charge in [0.1, 0.15) is 5.75 Å². The number of ether oxygens (including phenoxy) is 1. The zero-order valence-corrected chi connectivity index (χ0v) is 11.7. The largest absolute Gasteiger partial charge is 0.482 e. The molecule has 0 unspecified atom stereocenters. The third-order valence-corrected chi connectivity index (χ3v) is 2.36. The molecule has 2 aromatic rings. The van der Waals surface area contributed by atoms with Crippen LogP contribution in [0.1, 0.15) is 27.8 Å². The van der Waals surface area contributed by atoms with Crippen molar-refractivity contribution in [2.75, 3.05) is 6.61 Å². The molecule has 1 aromatic carbocycles. The third kappa shape index (κ3) is 5.91. The minimum absolute atomic E-state index is 0.0231. The smallest absolute Gasteiger partial charge is 0.371 e. The quantitative estimate of drug-likeness (QED) is 0.815. The van der Waals surface area contributed by atoms with E-state index in [1.54, 1.807) is 24.3 Å². The number of ketones is 1. The van der Waals surface area contributed by atoms with Gasteiger partial charge in [0.15, 0.2) is 12.4 Å². The lowest BCUT2D eigenvalue weighted by atomic mass is 10.1. The Bertz CT molecular complexity index is 626. The predicted octanol–water partition coefficient (Wildman–Crippen LogP) is 2.33. The standard InChI is InChI=1S/C10H10O4.C5H4O3/c1-7(11)8-2-4-9(5-3-8)14-6-10(12)13;6-5(7)4-2-1-3-8-4/h2-5H,6H2,1H3,(H,12,13);1-3H,(H,6,7). The molecule has 1 aromatic heterocycles. The first-order valence-corrected chi connectivity index (χ1v) is 6.12. The molecule has 0 saturated heterocycles. The van der Waals surface area contributed by atoms with Crippen LogP contribution in [0.15, 0.2) is 47.1 Å². The lowest BCUT2D eigenvalue weighted by molar-refractivity contribution is -0.139. The van der Waals surface area contributed by atoms with E-state index in [1.165, 1.54) is 25.3 Å². The molecule has 116 valence electrons. The van der Waals surface area contributed by atoms with E-state index in [1.807, 2.05) is 0 Å². The van der Waals surface area contributed by atoms with Gasteiger partial charge in [-0.3, -0.25) is 4.79 Å². The van der Waals surface area contributed by atoms with Crippen molar-refractivity contribution in [1.29, 1.82) is 0 Å². The van der Waals surface area contributed by atoms with E-state index in [2.05, 4.69) is 4.42 Å². The molecular weight excluding hydrogens is 292 g/mol. The number of Topliss-reactive ketones (excluding diaryl/α,β-unsaturated/α-hetero) is 1. The van der Waals surface area contributed by atoms with E-state index in [4.69, 9.17) is 14.9 Å². The lowest BCUT2D eigenvalue weighted by Gasteiger charge is -2.02. The maximum absolute atomic E-state index is 10.9. The summed E-state index contributed by atoms with van der Waals surface area (Å²) >= 11 is 0. The molecule has 0 bridgehead atoms. The van der Waals surface area contributed by atoms with Gasteiger partial charge in [-0.1, -0.05) is 0 Å². The van der Waals surface area contributed by atoms with Gasteiger partial charge in [0.2, 0.25) is 5.76 Å². The molecule has 7 heteroatoms. The second kappa shape index (κ2) is 8.25. The van der Waals surface area contributed by atoms with Crippen molar-refractivity contribution in [3.63, 3.8) is 0 Å². The summed E-state index contributed by atoms with van der Waals surface area (Å²) < 4.78 is 9.39. The third-order valence-electron chi connectivity index (χ3n) is 2.36. The highest BCUT2D eigenvalue weighted by atomic mass is 16.5. The molecule has 1 heterocycles. The van der Waals surface area contributed by atoms with E-state index in [0.717, 1.165) is 0 Å². The first-order valence-electron chi connectivity index (χ1n) is 6.12. The number of carbonyl (C=O) groups is 3. The Hall–Kier alpha value is -3.09. The minimum Gasteiger partial charge on any atom is -0.482 e. The van der Waals surface area contributed by atoms with Gasteiger partial charge >= 0.3 is 11.9 Å². The summed E-state index contributed by atoms with van der Waals surface area (Å²) in [6, 6.07) is 9.25. The monoisotopic (exact) mass is 306 g/mol. The number of carbonyl (C=O) groups excluding carboxylic acids is 1. The first-order chi connectivity index (χ1) is 10.4. The molecule has 0 spiro atoms. The highest BCUT2D eigenvalue weighted by molar-refractivity contribution is 5.94. The van der Waals surface area contributed by atoms with Gasteiger partial charge in [-0.2, -0.15) is 0 Å². The van der Waals surface area contributed by atoms with Crippen molar-refractivity contribution in [1.82, 2.24) is 0 Å². The van der Waals surface area contributed by atoms with Crippen LogP contribution in [0.4, 0.5) is 0 Å². The van der Waals surface area contributed by atoms with Gasteiger partial charge in [0.05, 0.1) is 6.26 Å². The van der Waals surface area contributed by atoms with Crippen LogP contribution >= 0.6 is 0 Å². The number of hydrogen-bond donors (Lipinski definition) is 2. The van der Waals surface area contributed by atoms with E-state index >= 15 is 0 Å². The summed E-state index contributed by atoms with van der Waals surface area (Å²) in [7, 11) is 0. The average molecular weight is 306 g/mol. The second-order valence-corrected chi connectivity index (χ2v) is 4.05. The molecule has 0 fully saturated rings. The molecule has 22 heavy (non-hydrogen) atoms. The van der Waals surface area contributed by atoms with E-state index < -0.39 is 11.9 Å². The Morgan fingerprint density at radius 3 is 2.09 bits per heavy atom. The Labute approximate surface area is 125 Å². The molecule has 2 N–H and O–H groups in total. The van der Waals surface area contributed by atoms with Gasteiger partial charge in [-0.15, -0.1) is 0 Å². The molecule has 0 aliphatic heterocycles. The summed E-state index contributed by atoms with van der Waals surface area (Å²) in [5.41, 5.74) is 0.577. The van der Waals surface area contributed by atoms with Crippen LogP contribution in [0.3, 0.4) is 0 Å². The molecule has 0 radical (unpaired) electrons. The molecule has 2 rings (SSSR count). The summed E-state index contributed by atoms with van der Waals surface area (Å²) in [6.45, 7) is 1.09. The molecule has 0 aliphatic rings. The fourth-order valence-electron chi connectivity index (χ4n) is 1.33. The van der Waals surface area contributed by atoms with Crippen LogP contribution < -0.4 is 4.74 Å². The van der Waals surface area contributed by atoms with Gasteiger partial charge in [0.25, 0.3) is 0 Å². The maximum atomic E-state index is 10.9. The lowest BCUT2D eigenvalue weighted by Crippen LogP contribution is -2.09. The van der Waals surface area contributed by atoms with Gasteiger partial charge in [-0.25, -0.2) is 9.59 Å². The molecular formula is C15H14O7. The Kier molecular flexibility index (Phi) is 6.36. The topological polar surface area (TPSA) is 114 Å². The van der Waals surface area contributed by atoms with Crippen molar-refractivity contribution in [2.24, 2.45) is 0 Å². The maximum Gasteiger partial charge on any atom is 0.371 e. The predicted molar refractivity (Wildman–Crippen MR) is 75.2 cm³/mol. The van der Waals surface area contributed by atoms with Crippen LogP contribution in [0.2, 0.25) is 0 Å². The number of carboxylic acid groups (broad SMARTS) is 2. The zero-order valence-electron chi connectivity index (χ0n) is 11.7. The number of aromatic carboxylic acids is 1. The highest BCUT2D eigenvalue weighted by Gasteiger charge is 2.02. The van der Waals surface area contributed by atoms with Crippen molar-refractivity contribution in [2.45, 2.75) is 6.92 Å². The normalized spacial score (nSPS) is 9.32. The van der Waals surface area contributed by atoms with Gasteiger partial charge in [-0.05, 0) is 43.3 Å². The number of aliphatic carboxylic acids is 1. The highest BCUT2D eigenvalue weighted by Crippen LogP contribution is 2.12. The van der Waals surface area contributed by atoms with Crippen molar-refractivity contribution in [3.8, 4) is 5.75 Å². The summed E-state index contributed by atoms with van der Waals surface area (Å²) in [6.07, 6.45) is 1.32. The molecule has 0 saturated carbocycles. The van der Waals surface area contributed by atoms with Gasteiger partial charge < -0.3 is 19.4 Å². The van der Waals surface area contributed by atoms with E-state index in [0.29, 0.717) is 11.3 Å². The fraction of sp³-hybridized carbons (Fsp3) is 0.133. The number of carboxylic acids is 2. The van der Waals surface area contributed by atoms with E-state index in [9.17, 15) is 14.4 Å². The van der Waals surface area contributed by atoms with Crippen LogP contribution in [0.25, 0.3) is 0 Å². The SMILES string of the molecule is CC(=O)c1ccc(OCC(=O)O)cc1.O=C(O)c1ccco1. The van der Waals surface area contributed by atoms with Crippen LogP contribution in [0.5, 0.6) is 5.75 Å². The van der Waals surface area contributed by atoms with Crippen LogP contribution in [-0.4, -0.2) is 34.5 Å². The van der Waals surface area contributed by atoms with Crippen LogP contribution in [0, 0.1) is 0 Å². The number of benzene rings is 1. The first kappa shape index (κ1) is 17.0. The van der Waals surface area contributed by atoms with Crippen molar-refractivity contribution < 1.29 is 33.8 Å². The second-order valence-electron chi connectivity index (χ2n) is 4.05. The zero-order chi connectivity index (χ0) is 16.5. The summed E-state index contributed by atoms with van der Waals surface area (Å²) in [5.74, 6) is -1.67. The molecule has 0 aliphatic carbocycles. The summed E-state index contributed by atoms with van der Waals surface area (Å²) in [5, 5.41) is 16.5. The number of furan rings is 1. The number of rotatable bonds is 5. The molecule has 7 nitrogen and oxygen atoms in total. The van der Waals surface area contributed by atoms with Gasteiger partial charge in [0, 0.05) is 5.56 Å². The Morgan fingerprint density at radius 1 is 1.09 bits per heavy atom. The average Bonchev–Trinajstić information content (AvgIpc) is 3.00. The molecule has 0 atom stereocenters. The van der Waals surface area contributed by atoms with Crippen molar-refractivity contribution >= 4 is 17.7 Å². The van der Waals surface area contributed by atoms with E-state index in [-0.39, 0.29) is 18.2 Å². The fourth-order valence-corrected chi connectivity index (χ4v) is 1.33. The Balaban J connectivity index is 0.000000255.